The number of carboxylic acids is 1. The number of alkyl carbamates (subject to hydrolysis) is 1. The fourth-order valence-corrected chi connectivity index (χ4v) is 2.71. The first-order chi connectivity index (χ1) is 9.41. The maximum atomic E-state index is 11.9. The lowest BCUT2D eigenvalue weighted by Gasteiger charge is -2.21. The zero-order chi connectivity index (χ0) is 16.7. The van der Waals surface area contributed by atoms with Gasteiger partial charge in [0.05, 0.1) is 0 Å². The topological polar surface area (TPSA) is 75.6 Å². The van der Waals surface area contributed by atoms with Crippen LogP contribution in [-0.2, 0) is 9.53 Å². The van der Waals surface area contributed by atoms with E-state index in [-0.39, 0.29) is 29.0 Å². The number of aliphatic carboxylic acids is 1. The molecule has 1 amide bonds. The molecule has 0 spiro atoms. The standard InChI is InChI=1S/C11H18F3NO4S2/c1-10(2,3)19-9(18)15-7(8(16)17)6-20-4-5-21-11(12,13)14/h7H,4-6H2,1-3H3,(H,15,18)(H,16,17). The minimum absolute atomic E-state index is 0.0347. The molecule has 0 radical (unpaired) electrons. The van der Waals surface area contributed by atoms with Crippen molar-refractivity contribution >= 4 is 35.6 Å². The molecule has 0 bridgehead atoms. The number of amides is 1. The molecule has 5 nitrogen and oxygen atoms in total. The Labute approximate surface area is 129 Å². The molecule has 10 heteroatoms. The number of thioether (sulfide) groups is 2. The van der Waals surface area contributed by atoms with Crippen LogP contribution in [0.4, 0.5) is 18.0 Å². The lowest BCUT2D eigenvalue weighted by atomic mass is 10.2. The average molecular weight is 349 g/mol. The molecular formula is C11H18F3NO4S2. The van der Waals surface area contributed by atoms with Gasteiger partial charge in [-0.25, -0.2) is 9.59 Å². The molecule has 0 saturated heterocycles. The molecule has 0 aliphatic carbocycles. The van der Waals surface area contributed by atoms with Gasteiger partial charge in [-0.1, -0.05) is 11.8 Å². The number of halogens is 3. The first kappa shape index (κ1) is 20.2. The molecule has 0 aliphatic heterocycles. The van der Waals surface area contributed by atoms with E-state index in [0.29, 0.717) is 0 Å². The summed E-state index contributed by atoms with van der Waals surface area (Å²) in [5.41, 5.74) is -5.05. The largest absolute Gasteiger partial charge is 0.480 e. The predicted octanol–water partition coefficient (Wildman–Crippen LogP) is 2.95. The van der Waals surface area contributed by atoms with Crippen LogP contribution in [-0.4, -0.2) is 51.6 Å². The van der Waals surface area contributed by atoms with Gasteiger partial charge in [0.1, 0.15) is 11.6 Å². The van der Waals surface area contributed by atoms with Gasteiger partial charge in [-0.05, 0) is 20.8 Å². The number of alkyl halides is 3. The van der Waals surface area contributed by atoms with Crippen molar-refractivity contribution in [2.24, 2.45) is 0 Å². The summed E-state index contributed by atoms with van der Waals surface area (Å²) in [5.74, 6) is -1.35. The second kappa shape index (κ2) is 8.62. The Morgan fingerprint density at radius 1 is 1.24 bits per heavy atom. The van der Waals surface area contributed by atoms with Crippen LogP contribution in [0.15, 0.2) is 0 Å². The van der Waals surface area contributed by atoms with Crippen molar-refractivity contribution in [3.63, 3.8) is 0 Å². The number of hydrogen-bond acceptors (Lipinski definition) is 5. The third kappa shape index (κ3) is 12.7. The van der Waals surface area contributed by atoms with Gasteiger partial charge in [0, 0.05) is 17.3 Å². The van der Waals surface area contributed by atoms with E-state index >= 15 is 0 Å². The van der Waals surface area contributed by atoms with Crippen LogP contribution in [0.5, 0.6) is 0 Å². The van der Waals surface area contributed by atoms with Crippen molar-refractivity contribution in [2.45, 2.75) is 37.9 Å². The van der Waals surface area contributed by atoms with Crippen molar-refractivity contribution in [2.75, 3.05) is 17.3 Å². The summed E-state index contributed by atoms with van der Waals surface area (Å²) in [5, 5.41) is 11.1. The van der Waals surface area contributed by atoms with Gasteiger partial charge in [0.2, 0.25) is 0 Å². The summed E-state index contributed by atoms with van der Waals surface area (Å²) < 4.78 is 40.6. The van der Waals surface area contributed by atoms with Crippen LogP contribution < -0.4 is 5.32 Å². The van der Waals surface area contributed by atoms with Crippen molar-refractivity contribution in [1.29, 1.82) is 0 Å². The Hall–Kier alpha value is -0.770. The SMILES string of the molecule is CC(C)(C)OC(=O)NC(CSCCSC(F)(F)F)C(=O)O. The number of rotatable bonds is 7. The van der Waals surface area contributed by atoms with Crippen molar-refractivity contribution < 1.29 is 32.6 Å². The van der Waals surface area contributed by atoms with Gasteiger partial charge in [0.25, 0.3) is 0 Å². The molecule has 0 heterocycles. The minimum atomic E-state index is -4.29. The first-order valence-electron chi connectivity index (χ1n) is 5.91. The number of carbonyl (C=O) groups is 2. The molecule has 0 aromatic rings. The van der Waals surface area contributed by atoms with Gasteiger partial charge < -0.3 is 15.2 Å². The van der Waals surface area contributed by atoms with Gasteiger partial charge in [-0.3, -0.25) is 0 Å². The first-order valence-corrected chi connectivity index (χ1v) is 8.05. The zero-order valence-corrected chi connectivity index (χ0v) is 13.5. The van der Waals surface area contributed by atoms with E-state index in [2.05, 4.69) is 5.32 Å². The summed E-state index contributed by atoms with van der Waals surface area (Å²) in [7, 11) is 0. The second-order valence-corrected chi connectivity index (χ2v) is 7.22. The highest BCUT2D eigenvalue weighted by Crippen LogP contribution is 2.30. The Balaban J connectivity index is 4.09. The molecule has 0 aromatic heterocycles. The monoisotopic (exact) mass is 349 g/mol. The van der Waals surface area contributed by atoms with E-state index < -0.39 is 29.2 Å². The predicted molar refractivity (Wildman–Crippen MR) is 76.6 cm³/mol. The normalized spacial score (nSPS) is 13.6. The lowest BCUT2D eigenvalue weighted by molar-refractivity contribution is -0.138. The van der Waals surface area contributed by atoms with E-state index in [0.717, 1.165) is 11.8 Å². The summed E-state index contributed by atoms with van der Waals surface area (Å²) in [6.07, 6.45) is -0.875. The highest BCUT2D eigenvalue weighted by atomic mass is 32.2. The van der Waals surface area contributed by atoms with Crippen LogP contribution >= 0.6 is 23.5 Å². The molecule has 124 valence electrons. The molecule has 2 N–H and O–H groups in total. The number of nitrogens with one attached hydrogen (secondary N) is 1. The van der Waals surface area contributed by atoms with Crippen LogP contribution in [0, 0.1) is 0 Å². The lowest BCUT2D eigenvalue weighted by Crippen LogP contribution is -2.45. The Bertz CT molecular complexity index is 358. The summed E-state index contributed by atoms with van der Waals surface area (Å²) >= 11 is 0.854. The highest BCUT2D eigenvalue weighted by molar-refractivity contribution is 8.03. The van der Waals surface area contributed by atoms with Gasteiger partial charge in [-0.15, -0.1) is 0 Å². The van der Waals surface area contributed by atoms with Gasteiger partial charge >= 0.3 is 17.6 Å². The molecule has 0 aliphatic rings. The number of hydrogen-bond donors (Lipinski definition) is 2. The Morgan fingerprint density at radius 3 is 2.24 bits per heavy atom. The fourth-order valence-electron chi connectivity index (χ4n) is 1.04. The zero-order valence-electron chi connectivity index (χ0n) is 11.8. The molecule has 0 aromatic carbocycles. The molecule has 0 rings (SSSR count). The average Bonchev–Trinajstić information content (AvgIpc) is 2.22. The van der Waals surface area contributed by atoms with Crippen LogP contribution in [0.3, 0.4) is 0 Å². The fraction of sp³-hybridized carbons (Fsp3) is 0.818. The van der Waals surface area contributed by atoms with Crippen molar-refractivity contribution in [1.82, 2.24) is 5.32 Å². The minimum Gasteiger partial charge on any atom is -0.480 e. The Kier molecular flexibility index (Phi) is 8.30. The molecular weight excluding hydrogens is 331 g/mol. The maximum absolute atomic E-state index is 11.9. The van der Waals surface area contributed by atoms with Crippen LogP contribution in [0.25, 0.3) is 0 Å². The number of ether oxygens (including phenoxy) is 1. The molecule has 1 atom stereocenters. The second-order valence-electron chi connectivity index (χ2n) is 4.91. The quantitative estimate of drug-likeness (QED) is 0.688. The third-order valence-electron chi connectivity index (χ3n) is 1.77. The van der Waals surface area contributed by atoms with Crippen molar-refractivity contribution in [3.05, 3.63) is 0 Å². The molecule has 0 fully saturated rings. The summed E-state index contributed by atoms with van der Waals surface area (Å²) in [4.78, 5) is 22.4. The molecule has 0 saturated carbocycles. The Morgan fingerprint density at radius 2 is 1.81 bits per heavy atom. The van der Waals surface area contributed by atoms with Crippen LogP contribution in [0.2, 0.25) is 0 Å². The number of carboxylic acid groups (broad SMARTS) is 1. The summed E-state index contributed by atoms with van der Waals surface area (Å²) in [6, 6.07) is -1.21. The third-order valence-corrected chi connectivity index (χ3v) is 3.82. The van der Waals surface area contributed by atoms with E-state index in [1.165, 1.54) is 0 Å². The van der Waals surface area contributed by atoms with Crippen LogP contribution in [0.1, 0.15) is 20.8 Å². The molecule has 1 unspecified atom stereocenters. The van der Waals surface area contributed by atoms with Gasteiger partial charge in [0.15, 0.2) is 0 Å². The maximum Gasteiger partial charge on any atom is 0.441 e. The van der Waals surface area contributed by atoms with Crippen molar-refractivity contribution in [3.8, 4) is 0 Å². The van der Waals surface area contributed by atoms with E-state index in [9.17, 15) is 22.8 Å². The van der Waals surface area contributed by atoms with Gasteiger partial charge in [-0.2, -0.15) is 24.9 Å². The van der Waals surface area contributed by atoms with E-state index in [1.54, 1.807) is 20.8 Å². The smallest absolute Gasteiger partial charge is 0.441 e. The summed E-state index contributed by atoms with van der Waals surface area (Å²) in [6.45, 7) is 4.89. The highest BCUT2D eigenvalue weighted by Gasteiger charge is 2.28. The van der Waals surface area contributed by atoms with E-state index in [4.69, 9.17) is 9.84 Å². The van der Waals surface area contributed by atoms with E-state index in [1.807, 2.05) is 0 Å². The number of carbonyl (C=O) groups excluding carboxylic acids is 1. The molecule has 21 heavy (non-hydrogen) atoms.